The maximum Gasteiger partial charge on any atom is 0.224 e. The molecule has 3 rings (SSSR count). The summed E-state index contributed by atoms with van der Waals surface area (Å²) < 4.78 is 5.93. The fourth-order valence-corrected chi connectivity index (χ4v) is 4.09. The Morgan fingerprint density at radius 2 is 1.87 bits per heavy atom. The van der Waals surface area contributed by atoms with Crippen LogP contribution in [-0.4, -0.2) is 61.4 Å². The summed E-state index contributed by atoms with van der Waals surface area (Å²) in [7, 11) is 0. The molecular formula is C18H32N2O3. The van der Waals surface area contributed by atoms with Crippen LogP contribution in [0, 0.1) is 5.92 Å². The van der Waals surface area contributed by atoms with Gasteiger partial charge in [-0.05, 0) is 25.2 Å². The van der Waals surface area contributed by atoms with Crippen LogP contribution in [0.4, 0.5) is 0 Å². The lowest BCUT2D eigenvalue weighted by molar-refractivity contribution is -0.183. The Morgan fingerprint density at radius 1 is 1.00 bits per heavy atom. The van der Waals surface area contributed by atoms with Crippen molar-refractivity contribution in [2.45, 2.75) is 63.9 Å². The van der Waals surface area contributed by atoms with Crippen molar-refractivity contribution in [3.63, 3.8) is 0 Å². The van der Waals surface area contributed by atoms with Gasteiger partial charge in [-0.1, -0.05) is 32.1 Å². The van der Waals surface area contributed by atoms with Crippen LogP contribution in [0.2, 0.25) is 0 Å². The minimum Gasteiger partial charge on any atom is -0.375 e. The van der Waals surface area contributed by atoms with Gasteiger partial charge in [-0.3, -0.25) is 9.63 Å². The highest BCUT2D eigenvalue weighted by Gasteiger charge is 2.27. The van der Waals surface area contributed by atoms with Gasteiger partial charge in [0.05, 0.1) is 19.3 Å². The van der Waals surface area contributed by atoms with Gasteiger partial charge in [0, 0.05) is 32.6 Å². The van der Waals surface area contributed by atoms with Crippen molar-refractivity contribution < 1.29 is 14.4 Å². The van der Waals surface area contributed by atoms with Gasteiger partial charge in [-0.15, -0.1) is 0 Å². The highest BCUT2D eigenvalue weighted by Crippen LogP contribution is 2.29. The Balaban J connectivity index is 1.39. The van der Waals surface area contributed by atoms with E-state index in [0.29, 0.717) is 13.0 Å². The van der Waals surface area contributed by atoms with Gasteiger partial charge in [0.2, 0.25) is 5.91 Å². The maximum absolute atomic E-state index is 12.5. The van der Waals surface area contributed by atoms with Gasteiger partial charge in [-0.2, -0.15) is 5.06 Å². The van der Waals surface area contributed by atoms with Crippen LogP contribution in [0.5, 0.6) is 0 Å². The summed E-state index contributed by atoms with van der Waals surface area (Å²) in [6.45, 7) is 4.72. The van der Waals surface area contributed by atoms with Crippen molar-refractivity contribution in [1.82, 2.24) is 9.96 Å². The largest absolute Gasteiger partial charge is 0.375 e. The van der Waals surface area contributed by atoms with Crippen molar-refractivity contribution in [1.29, 1.82) is 0 Å². The number of ether oxygens (including phenoxy) is 1. The van der Waals surface area contributed by atoms with Crippen LogP contribution in [0.3, 0.4) is 0 Å². The molecule has 0 aromatic heterocycles. The number of rotatable bonds is 5. The zero-order valence-electron chi connectivity index (χ0n) is 14.4. The second kappa shape index (κ2) is 9.00. The summed E-state index contributed by atoms with van der Waals surface area (Å²) in [6, 6.07) is 0. The predicted molar refractivity (Wildman–Crippen MR) is 88.9 cm³/mol. The second-order valence-corrected chi connectivity index (χ2v) is 7.29. The first-order valence-corrected chi connectivity index (χ1v) is 9.58. The summed E-state index contributed by atoms with van der Waals surface area (Å²) in [5.41, 5.74) is 0. The normalized spacial score (nSPS) is 28.0. The molecule has 0 aromatic carbocycles. The number of nitrogens with zero attached hydrogens (tertiary/aromatic N) is 2. The molecule has 0 spiro atoms. The molecule has 2 heterocycles. The van der Waals surface area contributed by atoms with Crippen LogP contribution in [0.25, 0.3) is 0 Å². The number of carbonyl (C=O) groups excluding carboxylic acids is 1. The highest BCUT2D eigenvalue weighted by molar-refractivity contribution is 5.76. The molecule has 0 aromatic rings. The number of morpholine rings is 1. The number of carbonyl (C=O) groups is 1. The van der Waals surface area contributed by atoms with Gasteiger partial charge in [-0.25, -0.2) is 0 Å². The van der Waals surface area contributed by atoms with E-state index >= 15 is 0 Å². The zero-order chi connectivity index (χ0) is 15.9. The van der Waals surface area contributed by atoms with E-state index in [2.05, 4.69) is 0 Å². The molecule has 2 aliphatic heterocycles. The fraction of sp³-hybridized carbons (Fsp3) is 0.944. The lowest BCUT2D eigenvalue weighted by atomic mass is 9.85. The standard InChI is InChI=1S/C18H32N2O3/c21-18(8-10-20-9-4-5-12-23-20)19-11-13-22-17(15-19)14-16-6-2-1-3-7-16/h16-17H,1-15H2. The molecule has 1 aliphatic carbocycles. The molecule has 2 saturated heterocycles. The minimum absolute atomic E-state index is 0.252. The molecule has 1 unspecified atom stereocenters. The zero-order valence-corrected chi connectivity index (χ0v) is 14.4. The Morgan fingerprint density at radius 3 is 2.65 bits per heavy atom. The Hall–Kier alpha value is -0.650. The first-order valence-electron chi connectivity index (χ1n) is 9.58. The number of hydrogen-bond acceptors (Lipinski definition) is 4. The molecule has 1 saturated carbocycles. The smallest absolute Gasteiger partial charge is 0.224 e. The molecule has 0 N–H and O–H groups in total. The van der Waals surface area contributed by atoms with Gasteiger partial charge < -0.3 is 9.64 Å². The predicted octanol–water partition coefficient (Wildman–Crippen LogP) is 2.60. The highest BCUT2D eigenvalue weighted by atomic mass is 16.7. The van der Waals surface area contributed by atoms with E-state index in [1.165, 1.54) is 38.5 Å². The summed E-state index contributed by atoms with van der Waals surface area (Å²) in [6.07, 6.45) is 11.1. The average molecular weight is 324 g/mol. The number of hydroxylamine groups is 2. The molecule has 132 valence electrons. The molecular weight excluding hydrogens is 292 g/mol. The monoisotopic (exact) mass is 324 g/mol. The van der Waals surface area contributed by atoms with Crippen LogP contribution < -0.4 is 0 Å². The summed E-state index contributed by atoms with van der Waals surface area (Å²) >= 11 is 0. The van der Waals surface area contributed by atoms with E-state index in [0.717, 1.165) is 51.5 Å². The average Bonchev–Trinajstić information content (AvgIpc) is 2.62. The Bertz CT molecular complexity index is 365. The molecule has 5 heteroatoms. The summed E-state index contributed by atoms with van der Waals surface area (Å²) in [5.74, 6) is 1.07. The van der Waals surface area contributed by atoms with E-state index in [9.17, 15) is 4.79 Å². The van der Waals surface area contributed by atoms with E-state index in [1.807, 2.05) is 9.96 Å². The topological polar surface area (TPSA) is 42.0 Å². The number of hydrogen-bond donors (Lipinski definition) is 0. The second-order valence-electron chi connectivity index (χ2n) is 7.29. The van der Waals surface area contributed by atoms with Crippen molar-refractivity contribution >= 4 is 5.91 Å². The maximum atomic E-state index is 12.5. The van der Waals surface area contributed by atoms with Crippen LogP contribution in [0.1, 0.15) is 57.8 Å². The van der Waals surface area contributed by atoms with Crippen molar-refractivity contribution in [3.8, 4) is 0 Å². The molecule has 3 fully saturated rings. The van der Waals surface area contributed by atoms with Crippen molar-refractivity contribution in [2.75, 3.05) is 39.4 Å². The third kappa shape index (κ3) is 5.44. The molecule has 0 bridgehead atoms. The molecule has 1 amide bonds. The van der Waals surface area contributed by atoms with Crippen LogP contribution in [-0.2, 0) is 14.4 Å². The number of amides is 1. The summed E-state index contributed by atoms with van der Waals surface area (Å²) in [5, 5.41) is 1.96. The van der Waals surface area contributed by atoms with Crippen molar-refractivity contribution in [2.24, 2.45) is 5.92 Å². The molecule has 3 aliphatic rings. The van der Waals surface area contributed by atoms with Gasteiger partial charge >= 0.3 is 0 Å². The summed E-state index contributed by atoms with van der Waals surface area (Å²) in [4.78, 5) is 20.1. The van der Waals surface area contributed by atoms with Crippen LogP contribution >= 0.6 is 0 Å². The lowest BCUT2D eigenvalue weighted by Crippen LogP contribution is -2.47. The lowest BCUT2D eigenvalue weighted by Gasteiger charge is -2.36. The molecule has 5 nitrogen and oxygen atoms in total. The first-order chi connectivity index (χ1) is 11.3. The van der Waals surface area contributed by atoms with Gasteiger partial charge in [0.15, 0.2) is 0 Å². The third-order valence-corrected chi connectivity index (χ3v) is 5.46. The van der Waals surface area contributed by atoms with Gasteiger partial charge in [0.1, 0.15) is 0 Å². The Labute approximate surface area is 140 Å². The van der Waals surface area contributed by atoms with E-state index in [-0.39, 0.29) is 12.0 Å². The molecule has 23 heavy (non-hydrogen) atoms. The fourth-order valence-electron chi connectivity index (χ4n) is 4.09. The van der Waals surface area contributed by atoms with E-state index < -0.39 is 0 Å². The Kier molecular flexibility index (Phi) is 6.72. The first kappa shape index (κ1) is 17.2. The minimum atomic E-state index is 0.252. The quantitative estimate of drug-likeness (QED) is 0.779. The third-order valence-electron chi connectivity index (χ3n) is 5.46. The van der Waals surface area contributed by atoms with E-state index in [1.54, 1.807) is 0 Å². The van der Waals surface area contributed by atoms with Crippen molar-refractivity contribution in [3.05, 3.63) is 0 Å². The SMILES string of the molecule is O=C(CCN1CCCCO1)N1CCOC(CC2CCCCC2)C1. The molecule has 1 atom stereocenters. The van der Waals surface area contributed by atoms with Crippen LogP contribution in [0.15, 0.2) is 0 Å². The van der Waals surface area contributed by atoms with E-state index in [4.69, 9.17) is 9.57 Å². The molecule has 0 radical (unpaired) electrons. The van der Waals surface area contributed by atoms with Gasteiger partial charge in [0.25, 0.3) is 0 Å².